The van der Waals surface area contributed by atoms with E-state index in [1.165, 1.54) is 89.9 Å². The van der Waals surface area contributed by atoms with Crippen LogP contribution in [0.3, 0.4) is 0 Å². The molecule has 0 fully saturated rings. The SMILES string of the molecule is CC/C=C\C/C=C\C/C=C\C/C=C\C/C=C\CCCCCC(=O)OC(COCCC(C(=O)O)[N+](C)(C)C)COC(=O)CCCCCCCCCCC/C=C\CCCCCCCC. The first-order valence-corrected chi connectivity index (χ1v) is 25.0. The van der Waals surface area contributed by atoms with Crippen LogP contribution in [0, 0.1) is 0 Å². The van der Waals surface area contributed by atoms with Gasteiger partial charge >= 0.3 is 17.9 Å². The third kappa shape index (κ3) is 42.1. The number of nitrogens with zero attached hydrogens (tertiary/aromatic N) is 1. The topological polar surface area (TPSA) is 99.1 Å². The highest BCUT2D eigenvalue weighted by molar-refractivity contribution is 5.72. The summed E-state index contributed by atoms with van der Waals surface area (Å²) in [6.07, 6.45) is 56.6. The molecule has 8 nitrogen and oxygen atoms in total. The number of unbranched alkanes of at least 4 members (excludes halogenated alkanes) is 18. The molecule has 0 aliphatic heterocycles. The second-order valence-electron chi connectivity index (χ2n) is 17.7. The number of carboxylic acid groups (broad SMARTS) is 1. The molecule has 2 unspecified atom stereocenters. The van der Waals surface area contributed by atoms with Gasteiger partial charge in [0.25, 0.3) is 0 Å². The van der Waals surface area contributed by atoms with Crippen LogP contribution in [0.15, 0.2) is 72.9 Å². The summed E-state index contributed by atoms with van der Waals surface area (Å²) in [5.74, 6) is -1.51. The Kier molecular flexibility index (Phi) is 42.1. The van der Waals surface area contributed by atoms with Crippen LogP contribution in [-0.2, 0) is 28.6 Å². The van der Waals surface area contributed by atoms with Crippen LogP contribution in [0.2, 0.25) is 0 Å². The smallest absolute Gasteiger partial charge is 0.362 e. The molecule has 8 heteroatoms. The minimum absolute atomic E-state index is 0.0442. The molecule has 0 rings (SSSR count). The number of esters is 2. The molecule has 0 bridgehead atoms. The van der Waals surface area contributed by atoms with Gasteiger partial charge in [-0.2, -0.15) is 0 Å². The molecule has 62 heavy (non-hydrogen) atoms. The molecule has 0 amide bonds. The lowest BCUT2D eigenvalue weighted by molar-refractivity contribution is -0.887. The number of ether oxygens (including phenoxy) is 3. The largest absolute Gasteiger partial charge is 0.477 e. The van der Waals surface area contributed by atoms with Crippen LogP contribution in [0.5, 0.6) is 0 Å². The number of carbonyl (C=O) groups excluding carboxylic acids is 2. The number of quaternary nitrogens is 1. The van der Waals surface area contributed by atoms with E-state index < -0.39 is 18.1 Å². The molecule has 0 radical (unpaired) electrons. The monoisotopic (exact) mass is 869 g/mol. The van der Waals surface area contributed by atoms with E-state index in [0.29, 0.717) is 12.8 Å². The second kappa shape index (κ2) is 44.4. The van der Waals surface area contributed by atoms with Gasteiger partial charge in [0.15, 0.2) is 12.1 Å². The van der Waals surface area contributed by atoms with Gasteiger partial charge in [0.1, 0.15) is 6.61 Å². The maximum Gasteiger partial charge on any atom is 0.362 e. The standard InChI is InChI=1S/C54H93NO7/c1-6-8-10-12-14-16-18-20-22-24-26-28-30-32-34-36-38-40-42-44-52(56)61-49-50(48-60-47-46-51(54(58)59)55(3,4)5)62-53(57)45-43-41-39-37-35-33-31-29-27-25-23-21-19-17-15-13-11-9-7-2/h9,11,15,17,20-23,27,29,33,35,50-51H,6-8,10,12-14,16,18-19,24-26,28,30-32,34,36-49H2,1-5H3/p+1/b11-9-,17-15-,22-20-,23-21-,29-27-,35-33-. The van der Waals surface area contributed by atoms with Crippen LogP contribution < -0.4 is 0 Å². The van der Waals surface area contributed by atoms with Gasteiger partial charge in [0, 0.05) is 19.3 Å². The molecular weight excluding hydrogens is 775 g/mol. The molecule has 0 aromatic heterocycles. The van der Waals surface area contributed by atoms with Crippen molar-refractivity contribution in [3.05, 3.63) is 72.9 Å². The zero-order valence-corrected chi connectivity index (χ0v) is 40.6. The average Bonchev–Trinajstić information content (AvgIpc) is 3.23. The molecule has 1 N–H and O–H groups in total. The van der Waals surface area contributed by atoms with Crippen molar-refractivity contribution in [2.45, 2.75) is 212 Å². The Bertz CT molecular complexity index is 1240. The van der Waals surface area contributed by atoms with Gasteiger partial charge in [-0.25, -0.2) is 4.79 Å². The number of carbonyl (C=O) groups is 3. The van der Waals surface area contributed by atoms with Crippen LogP contribution in [0.4, 0.5) is 0 Å². The maximum absolute atomic E-state index is 12.8. The fraction of sp³-hybridized carbons (Fsp3) is 0.722. The predicted octanol–water partition coefficient (Wildman–Crippen LogP) is 14.3. The summed E-state index contributed by atoms with van der Waals surface area (Å²) in [6.45, 7) is 4.59. The Labute approximate surface area is 381 Å². The molecule has 0 aliphatic rings. The fourth-order valence-electron chi connectivity index (χ4n) is 6.99. The number of likely N-dealkylation sites (N-methyl/N-ethyl adjacent to an activating group) is 1. The Morgan fingerprint density at radius 2 is 0.903 bits per heavy atom. The van der Waals surface area contributed by atoms with Crippen LogP contribution in [-0.4, -0.2) is 80.6 Å². The Morgan fingerprint density at radius 3 is 1.37 bits per heavy atom. The highest BCUT2D eigenvalue weighted by Gasteiger charge is 2.31. The average molecular weight is 869 g/mol. The Balaban J connectivity index is 4.34. The van der Waals surface area contributed by atoms with Crippen molar-refractivity contribution in [2.75, 3.05) is 41.0 Å². The number of rotatable bonds is 44. The van der Waals surface area contributed by atoms with E-state index in [-0.39, 0.29) is 42.7 Å². The van der Waals surface area contributed by atoms with Crippen molar-refractivity contribution in [3.8, 4) is 0 Å². The van der Waals surface area contributed by atoms with Crippen molar-refractivity contribution in [1.29, 1.82) is 0 Å². The van der Waals surface area contributed by atoms with Gasteiger partial charge in [0.2, 0.25) is 0 Å². The number of allylic oxidation sites excluding steroid dienone is 12. The summed E-state index contributed by atoms with van der Waals surface area (Å²) in [5.41, 5.74) is 0. The van der Waals surface area contributed by atoms with Crippen molar-refractivity contribution in [2.24, 2.45) is 0 Å². The van der Waals surface area contributed by atoms with E-state index in [4.69, 9.17) is 14.2 Å². The molecule has 0 spiro atoms. The first-order chi connectivity index (χ1) is 30.1. The maximum atomic E-state index is 12.8. The fourth-order valence-corrected chi connectivity index (χ4v) is 6.99. The highest BCUT2D eigenvalue weighted by atomic mass is 16.6. The normalized spacial score (nSPS) is 13.5. The van der Waals surface area contributed by atoms with Crippen molar-refractivity contribution < 1.29 is 38.2 Å². The van der Waals surface area contributed by atoms with Crippen molar-refractivity contribution in [1.82, 2.24) is 0 Å². The van der Waals surface area contributed by atoms with Crippen molar-refractivity contribution in [3.63, 3.8) is 0 Å². The van der Waals surface area contributed by atoms with E-state index in [1.54, 1.807) is 0 Å². The van der Waals surface area contributed by atoms with Gasteiger partial charge in [-0.1, -0.05) is 170 Å². The van der Waals surface area contributed by atoms with Crippen LogP contribution in [0.1, 0.15) is 200 Å². The molecular formula is C54H94NO7+. The Hall–Kier alpha value is -3.23. The lowest BCUT2D eigenvalue weighted by atomic mass is 10.1. The number of carboxylic acids is 1. The Morgan fingerprint density at radius 1 is 0.500 bits per heavy atom. The summed E-state index contributed by atoms with van der Waals surface area (Å²) in [6, 6.07) is -0.625. The van der Waals surface area contributed by atoms with Crippen LogP contribution in [0.25, 0.3) is 0 Å². The summed E-state index contributed by atoms with van der Waals surface area (Å²) in [5, 5.41) is 9.65. The minimum atomic E-state index is -0.882. The van der Waals surface area contributed by atoms with Crippen molar-refractivity contribution >= 4 is 17.9 Å². The first-order valence-electron chi connectivity index (χ1n) is 25.0. The lowest BCUT2D eigenvalue weighted by Crippen LogP contribution is -2.50. The van der Waals surface area contributed by atoms with Gasteiger partial charge in [-0.15, -0.1) is 0 Å². The van der Waals surface area contributed by atoms with E-state index in [0.717, 1.165) is 77.0 Å². The predicted molar refractivity (Wildman–Crippen MR) is 261 cm³/mol. The molecule has 0 heterocycles. The number of aliphatic carboxylic acids is 1. The summed E-state index contributed by atoms with van der Waals surface area (Å²) < 4.78 is 17.3. The van der Waals surface area contributed by atoms with E-state index in [1.807, 2.05) is 21.1 Å². The molecule has 0 saturated heterocycles. The zero-order valence-electron chi connectivity index (χ0n) is 40.6. The third-order valence-electron chi connectivity index (χ3n) is 10.8. The van der Waals surface area contributed by atoms with Gasteiger partial charge in [-0.3, -0.25) is 9.59 Å². The number of hydrogen-bond acceptors (Lipinski definition) is 6. The van der Waals surface area contributed by atoms with E-state index in [2.05, 4.69) is 86.8 Å². The first kappa shape index (κ1) is 58.8. The van der Waals surface area contributed by atoms with Gasteiger partial charge in [0.05, 0.1) is 34.4 Å². The van der Waals surface area contributed by atoms with E-state index in [9.17, 15) is 19.5 Å². The molecule has 2 atom stereocenters. The van der Waals surface area contributed by atoms with E-state index >= 15 is 0 Å². The van der Waals surface area contributed by atoms with Crippen LogP contribution >= 0.6 is 0 Å². The second-order valence-corrected chi connectivity index (χ2v) is 17.7. The molecule has 356 valence electrons. The third-order valence-corrected chi connectivity index (χ3v) is 10.8. The summed E-state index contributed by atoms with van der Waals surface area (Å²) in [4.78, 5) is 37.1. The minimum Gasteiger partial charge on any atom is -0.477 e. The van der Waals surface area contributed by atoms with Gasteiger partial charge in [-0.05, 0) is 83.5 Å². The molecule has 0 aromatic rings. The molecule has 0 aromatic carbocycles. The molecule has 0 saturated carbocycles. The zero-order chi connectivity index (χ0) is 45.6. The summed E-state index contributed by atoms with van der Waals surface area (Å²) in [7, 11) is 5.52. The quantitative estimate of drug-likeness (QED) is 0.0282. The number of hydrogen-bond donors (Lipinski definition) is 1. The molecule has 0 aliphatic carbocycles. The highest BCUT2D eigenvalue weighted by Crippen LogP contribution is 2.14. The summed E-state index contributed by atoms with van der Waals surface area (Å²) >= 11 is 0. The van der Waals surface area contributed by atoms with Gasteiger partial charge < -0.3 is 23.8 Å². The lowest BCUT2D eigenvalue weighted by Gasteiger charge is -2.31.